The van der Waals surface area contributed by atoms with Crippen molar-refractivity contribution >= 4 is 11.9 Å². The Hall–Kier alpha value is -3.56. The van der Waals surface area contributed by atoms with E-state index < -0.39 is 11.9 Å². The van der Waals surface area contributed by atoms with Crippen LogP contribution in [0.3, 0.4) is 0 Å². The highest BCUT2D eigenvalue weighted by Gasteiger charge is 2.32. The van der Waals surface area contributed by atoms with Gasteiger partial charge < -0.3 is 10.6 Å². The van der Waals surface area contributed by atoms with Crippen LogP contribution in [0, 0.1) is 5.92 Å². The summed E-state index contributed by atoms with van der Waals surface area (Å²) in [6.45, 7) is 3.79. The molecule has 0 bridgehead atoms. The van der Waals surface area contributed by atoms with Crippen molar-refractivity contribution in [1.82, 2.24) is 24.9 Å². The van der Waals surface area contributed by atoms with E-state index in [-0.39, 0.29) is 29.5 Å². The van der Waals surface area contributed by atoms with Crippen molar-refractivity contribution in [3.05, 3.63) is 65.8 Å². The fourth-order valence-electron chi connectivity index (χ4n) is 3.06. The number of nitrogens with one attached hydrogen (secondary N) is 2. The summed E-state index contributed by atoms with van der Waals surface area (Å²) in [5, 5.41) is 6.26. The number of rotatable bonds is 7. The van der Waals surface area contributed by atoms with Crippen LogP contribution in [0.5, 0.6) is 0 Å². The maximum Gasteiger partial charge on any atom is 0.433 e. The average Bonchev–Trinajstić information content (AvgIpc) is 3.57. The summed E-state index contributed by atoms with van der Waals surface area (Å²) < 4.78 is 39.4. The van der Waals surface area contributed by atoms with Crippen LogP contribution in [-0.4, -0.2) is 24.9 Å². The zero-order chi connectivity index (χ0) is 22.7. The predicted octanol–water partition coefficient (Wildman–Crippen LogP) is 5.25. The smallest absolute Gasteiger partial charge is 0.346 e. The molecule has 3 aromatic heterocycles. The summed E-state index contributed by atoms with van der Waals surface area (Å²) in [5.74, 6) is 0.993. The Morgan fingerprint density at radius 1 is 1.03 bits per heavy atom. The molecule has 1 saturated carbocycles. The van der Waals surface area contributed by atoms with Gasteiger partial charge in [0.1, 0.15) is 11.4 Å². The predicted molar refractivity (Wildman–Crippen MR) is 114 cm³/mol. The van der Waals surface area contributed by atoms with E-state index in [1.165, 1.54) is 12.1 Å². The lowest BCUT2D eigenvalue weighted by atomic mass is 10.2. The summed E-state index contributed by atoms with van der Waals surface area (Å²) in [7, 11) is 0. The standard InChI is InChI=1S/C22H22F3N7/c1-13(12-15-9-10-15)27-20-30-19(17-7-5-8-18(29-17)22(23,24)25)31-21(32-20)28-14(2)16-6-3-4-11-26-16/h3-8,11-12,14-15H,9-10H2,1-2H3,(H2,27,28,30,31,32). The number of aromatic nitrogens is 5. The minimum absolute atomic E-state index is 0.00244. The third-order valence-corrected chi connectivity index (χ3v) is 4.80. The lowest BCUT2D eigenvalue weighted by Gasteiger charge is -2.15. The first kappa shape index (κ1) is 21.7. The molecule has 4 rings (SSSR count). The molecule has 32 heavy (non-hydrogen) atoms. The van der Waals surface area contributed by atoms with Crippen LogP contribution in [0.2, 0.25) is 0 Å². The maximum atomic E-state index is 13.1. The average molecular weight is 441 g/mol. The number of allylic oxidation sites excluding steroid dienone is 2. The van der Waals surface area contributed by atoms with Crippen molar-refractivity contribution in [3.63, 3.8) is 0 Å². The molecule has 0 amide bonds. The first-order valence-corrected chi connectivity index (χ1v) is 10.2. The van der Waals surface area contributed by atoms with Crippen LogP contribution in [0.15, 0.2) is 54.4 Å². The molecule has 1 unspecified atom stereocenters. The van der Waals surface area contributed by atoms with Gasteiger partial charge in [0.25, 0.3) is 0 Å². The zero-order valence-electron chi connectivity index (χ0n) is 17.6. The molecule has 1 fully saturated rings. The van der Waals surface area contributed by atoms with E-state index in [2.05, 4.69) is 41.6 Å². The number of pyridine rings is 2. The molecular weight excluding hydrogens is 419 g/mol. The highest BCUT2D eigenvalue weighted by molar-refractivity contribution is 5.55. The molecule has 2 N–H and O–H groups in total. The van der Waals surface area contributed by atoms with E-state index >= 15 is 0 Å². The molecule has 0 spiro atoms. The molecule has 1 atom stereocenters. The second-order valence-electron chi connectivity index (χ2n) is 7.64. The molecule has 3 heterocycles. The van der Waals surface area contributed by atoms with Gasteiger partial charge in [-0.15, -0.1) is 0 Å². The molecule has 0 radical (unpaired) electrons. The lowest BCUT2D eigenvalue weighted by molar-refractivity contribution is -0.141. The Bertz CT molecular complexity index is 1110. The van der Waals surface area contributed by atoms with Crippen molar-refractivity contribution in [2.45, 2.75) is 38.9 Å². The topological polar surface area (TPSA) is 88.5 Å². The van der Waals surface area contributed by atoms with Gasteiger partial charge in [-0.1, -0.05) is 18.2 Å². The van der Waals surface area contributed by atoms with Crippen molar-refractivity contribution in [3.8, 4) is 11.5 Å². The van der Waals surface area contributed by atoms with E-state index in [0.717, 1.165) is 30.3 Å². The molecule has 3 aromatic rings. The second kappa shape index (κ2) is 8.89. The van der Waals surface area contributed by atoms with Crippen molar-refractivity contribution in [2.75, 3.05) is 10.6 Å². The van der Waals surface area contributed by atoms with Crippen LogP contribution in [0.25, 0.3) is 11.5 Å². The van der Waals surface area contributed by atoms with Crippen LogP contribution >= 0.6 is 0 Å². The minimum atomic E-state index is -4.57. The first-order valence-electron chi connectivity index (χ1n) is 10.2. The van der Waals surface area contributed by atoms with E-state index in [1.807, 2.05) is 32.0 Å². The van der Waals surface area contributed by atoms with Gasteiger partial charge in [-0.05, 0) is 56.9 Å². The highest BCUT2D eigenvalue weighted by Crippen LogP contribution is 2.32. The molecule has 166 valence electrons. The van der Waals surface area contributed by atoms with Crippen molar-refractivity contribution in [2.24, 2.45) is 5.92 Å². The van der Waals surface area contributed by atoms with E-state index in [0.29, 0.717) is 5.92 Å². The molecule has 1 aliphatic carbocycles. The molecular formula is C22H22F3N7. The summed E-state index contributed by atoms with van der Waals surface area (Å²) in [6.07, 6.45) is 1.49. The summed E-state index contributed by atoms with van der Waals surface area (Å²) in [4.78, 5) is 21.1. The van der Waals surface area contributed by atoms with Crippen LogP contribution in [0.1, 0.15) is 44.1 Å². The van der Waals surface area contributed by atoms with Crippen LogP contribution < -0.4 is 10.6 Å². The van der Waals surface area contributed by atoms with Crippen LogP contribution in [-0.2, 0) is 6.18 Å². The zero-order valence-corrected chi connectivity index (χ0v) is 17.6. The molecule has 0 aromatic carbocycles. The Balaban J connectivity index is 1.68. The quantitative estimate of drug-likeness (QED) is 0.518. The Morgan fingerprint density at radius 2 is 1.81 bits per heavy atom. The summed E-state index contributed by atoms with van der Waals surface area (Å²) in [6, 6.07) is 8.93. The highest BCUT2D eigenvalue weighted by atomic mass is 19.4. The molecule has 0 saturated heterocycles. The van der Waals surface area contributed by atoms with Crippen molar-refractivity contribution < 1.29 is 13.2 Å². The normalized spacial score (nSPS) is 15.3. The largest absolute Gasteiger partial charge is 0.433 e. The van der Waals surface area contributed by atoms with Gasteiger partial charge in [-0.3, -0.25) is 4.98 Å². The second-order valence-corrected chi connectivity index (χ2v) is 7.64. The van der Waals surface area contributed by atoms with Gasteiger partial charge >= 0.3 is 6.18 Å². The molecule has 10 heteroatoms. The molecule has 1 aliphatic rings. The van der Waals surface area contributed by atoms with Gasteiger partial charge in [0.15, 0.2) is 5.82 Å². The van der Waals surface area contributed by atoms with Gasteiger partial charge in [-0.25, -0.2) is 4.98 Å². The van der Waals surface area contributed by atoms with E-state index in [9.17, 15) is 13.2 Å². The monoisotopic (exact) mass is 441 g/mol. The number of hydrogen-bond acceptors (Lipinski definition) is 7. The SMILES string of the molecule is CC(=CC1CC1)Nc1nc(NC(C)c2ccccn2)nc(-c2cccc(C(F)(F)F)n2)n1. The summed E-state index contributed by atoms with van der Waals surface area (Å²) in [5.41, 5.74) is 0.630. The fraction of sp³-hybridized carbons (Fsp3) is 0.318. The Labute approximate surface area is 183 Å². The summed E-state index contributed by atoms with van der Waals surface area (Å²) >= 11 is 0. The van der Waals surface area contributed by atoms with Gasteiger partial charge in [0.05, 0.1) is 11.7 Å². The number of nitrogens with zero attached hydrogens (tertiary/aromatic N) is 5. The molecule has 0 aliphatic heterocycles. The minimum Gasteiger partial charge on any atom is -0.346 e. The van der Waals surface area contributed by atoms with Gasteiger partial charge in [0, 0.05) is 11.9 Å². The Morgan fingerprint density at radius 3 is 2.50 bits per heavy atom. The first-order chi connectivity index (χ1) is 15.3. The number of hydrogen-bond donors (Lipinski definition) is 2. The third kappa shape index (κ3) is 5.57. The van der Waals surface area contributed by atoms with E-state index in [1.54, 1.807) is 6.20 Å². The van der Waals surface area contributed by atoms with Gasteiger partial charge in [0.2, 0.25) is 11.9 Å². The number of anilines is 2. The van der Waals surface area contributed by atoms with Gasteiger partial charge in [-0.2, -0.15) is 28.1 Å². The fourth-order valence-corrected chi connectivity index (χ4v) is 3.06. The third-order valence-electron chi connectivity index (χ3n) is 4.80. The van der Waals surface area contributed by atoms with E-state index in [4.69, 9.17) is 0 Å². The lowest BCUT2D eigenvalue weighted by Crippen LogP contribution is -2.14. The maximum absolute atomic E-state index is 13.1. The van der Waals surface area contributed by atoms with Crippen LogP contribution in [0.4, 0.5) is 25.1 Å². The number of alkyl halides is 3. The number of halogens is 3. The Kier molecular flexibility index (Phi) is 6.02. The van der Waals surface area contributed by atoms with Crippen molar-refractivity contribution in [1.29, 1.82) is 0 Å². The molecule has 7 nitrogen and oxygen atoms in total.